The Morgan fingerprint density at radius 1 is 1.22 bits per heavy atom. The van der Waals surface area contributed by atoms with E-state index in [2.05, 4.69) is 43.5 Å². The Hall–Kier alpha value is -1.95. The van der Waals surface area contributed by atoms with Crippen LogP contribution in [-0.2, 0) is 0 Å². The van der Waals surface area contributed by atoms with Crippen molar-refractivity contribution >= 4 is 33.3 Å². The molecule has 122 valence electrons. The first kappa shape index (κ1) is 17.4. The lowest BCUT2D eigenvalue weighted by molar-refractivity contribution is 0.102. The number of aryl methyl sites for hydroxylation is 1. The van der Waals surface area contributed by atoms with Crippen LogP contribution >= 0.6 is 15.9 Å². The Balaban J connectivity index is 2.00. The van der Waals surface area contributed by atoms with Gasteiger partial charge in [0.25, 0.3) is 5.91 Å². The second-order valence-corrected chi connectivity index (χ2v) is 6.19. The molecule has 6 heteroatoms. The maximum atomic E-state index is 12.3. The van der Waals surface area contributed by atoms with Crippen molar-refractivity contribution in [3.8, 4) is 0 Å². The van der Waals surface area contributed by atoms with Gasteiger partial charge < -0.3 is 10.6 Å². The number of carbonyl (C=O) groups excluding carboxylic acids is 1. The summed E-state index contributed by atoms with van der Waals surface area (Å²) in [4.78, 5) is 20.5. The van der Waals surface area contributed by atoms with Crippen molar-refractivity contribution in [2.45, 2.75) is 33.1 Å². The summed E-state index contributed by atoms with van der Waals surface area (Å²) in [6.07, 6.45) is 4.83. The van der Waals surface area contributed by atoms with Crippen LogP contribution in [0.5, 0.6) is 0 Å². The van der Waals surface area contributed by atoms with E-state index in [-0.39, 0.29) is 5.91 Å². The summed E-state index contributed by atoms with van der Waals surface area (Å²) >= 11 is 3.46. The highest BCUT2D eigenvalue weighted by Gasteiger charge is 2.09. The molecule has 0 saturated carbocycles. The third-order valence-corrected chi connectivity index (χ3v) is 4.27. The highest BCUT2D eigenvalue weighted by Crippen LogP contribution is 2.21. The number of amides is 1. The van der Waals surface area contributed by atoms with Gasteiger partial charge in [-0.3, -0.25) is 4.79 Å². The molecule has 2 rings (SSSR count). The van der Waals surface area contributed by atoms with Gasteiger partial charge in [-0.05, 0) is 31.0 Å². The molecule has 0 unspecified atom stereocenters. The van der Waals surface area contributed by atoms with Gasteiger partial charge in [-0.2, -0.15) is 0 Å². The Bertz CT molecular complexity index is 675. The van der Waals surface area contributed by atoms with Crippen LogP contribution in [0.4, 0.5) is 11.5 Å². The van der Waals surface area contributed by atoms with Crippen molar-refractivity contribution < 1.29 is 4.79 Å². The minimum Gasteiger partial charge on any atom is -0.370 e. The van der Waals surface area contributed by atoms with E-state index in [1.54, 1.807) is 6.07 Å². The van der Waals surface area contributed by atoms with Crippen LogP contribution in [0, 0.1) is 6.92 Å². The average Bonchev–Trinajstić information content (AvgIpc) is 2.55. The molecule has 1 aromatic heterocycles. The molecule has 1 aromatic carbocycles. The van der Waals surface area contributed by atoms with Crippen molar-refractivity contribution in [3.05, 3.63) is 46.3 Å². The predicted octanol–water partition coefficient (Wildman–Crippen LogP) is 4.40. The molecule has 23 heavy (non-hydrogen) atoms. The molecule has 5 nitrogen and oxygen atoms in total. The molecule has 1 amide bonds. The van der Waals surface area contributed by atoms with Gasteiger partial charge >= 0.3 is 0 Å². The lowest BCUT2D eigenvalue weighted by Gasteiger charge is -2.08. The predicted molar refractivity (Wildman–Crippen MR) is 96.9 cm³/mol. The van der Waals surface area contributed by atoms with E-state index in [0.717, 1.165) is 28.7 Å². The zero-order valence-electron chi connectivity index (χ0n) is 13.4. The first-order valence-corrected chi connectivity index (χ1v) is 8.53. The van der Waals surface area contributed by atoms with E-state index in [4.69, 9.17) is 0 Å². The fourth-order valence-corrected chi connectivity index (χ4v) is 2.41. The van der Waals surface area contributed by atoms with E-state index in [0.29, 0.717) is 11.5 Å². The highest BCUT2D eigenvalue weighted by molar-refractivity contribution is 9.10. The van der Waals surface area contributed by atoms with Crippen molar-refractivity contribution in [3.63, 3.8) is 0 Å². The maximum absolute atomic E-state index is 12.3. The van der Waals surface area contributed by atoms with Crippen LogP contribution < -0.4 is 10.6 Å². The van der Waals surface area contributed by atoms with E-state index in [1.165, 1.54) is 19.2 Å². The van der Waals surface area contributed by atoms with Crippen LogP contribution in [-0.4, -0.2) is 22.4 Å². The monoisotopic (exact) mass is 376 g/mol. The fourth-order valence-electron chi connectivity index (χ4n) is 2.04. The number of halogens is 1. The summed E-state index contributed by atoms with van der Waals surface area (Å²) in [5.74, 6) is 0.422. The molecular weight excluding hydrogens is 356 g/mol. The lowest BCUT2D eigenvalue weighted by atomic mass is 10.2. The summed E-state index contributed by atoms with van der Waals surface area (Å²) < 4.78 is 0.955. The molecule has 2 N–H and O–H groups in total. The quantitative estimate of drug-likeness (QED) is 0.702. The van der Waals surface area contributed by atoms with Crippen molar-refractivity contribution in [1.82, 2.24) is 9.97 Å². The number of rotatable bonds is 7. The third-order valence-electron chi connectivity index (χ3n) is 3.42. The summed E-state index contributed by atoms with van der Waals surface area (Å²) in [5.41, 5.74) is 2.18. The van der Waals surface area contributed by atoms with E-state index in [1.807, 2.05) is 25.1 Å². The molecule has 0 aliphatic carbocycles. The largest absolute Gasteiger partial charge is 0.370 e. The Morgan fingerprint density at radius 2 is 2.04 bits per heavy atom. The standard InChI is InChI=1S/C17H21BrN4O/c1-3-4-5-8-19-16-10-15(20-11-21-16)17(23)22-13-7-6-12(2)14(18)9-13/h6-7,9-11H,3-5,8H2,1-2H3,(H,22,23)(H,19,20,21). The number of hydrogen-bond donors (Lipinski definition) is 2. The lowest BCUT2D eigenvalue weighted by Crippen LogP contribution is -2.15. The van der Waals surface area contributed by atoms with Crippen LogP contribution in [0.1, 0.15) is 42.2 Å². The first-order valence-electron chi connectivity index (χ1n) is 7.73. The van der Waals surface area contributed by atoms with Gasteiger partial charge in [0.15, 0.2) is 0 Å². The van der Waals surface area contributed by atoms with Gasteiger partial charge in [-0.15, -0.1) is 0 Å². The number of hydrogen-bond acceptors (Lipinski definition) is 4. The number of unbranched alkanes of at least 4 members (excludes halogenated alkanes) is 2. The van der Waals surface area contributed by atoms with Crippen molar-refractivity contribution in [2.75, 3.05) is 17.2 Å². The molecule has 0 bridgehead atoms. The van der Waals surface area contributed by atoms with Crippen LogP contribution in [0.3, 0.4) is 0 Å². The number of nitrogens with zero attached hydrogens (tertiary/aromatic N) is 2. The van der Waals surface area contributed by atoms with Crippen LogP contribution in [0.2, 0.25) is 0 Å². The highest BCUT2D eigenvalue weighted by atomic mass is 79.9. The Labute approximate surface area is 145 Å². The van der Waals surface area contributed by atoms with Gasteiger partial charge in [-0.1, -0.05) is 41.8 Å². The van der Waals surface area contributed by atoms with E-state index < -0.39 is 0 Å². The minimum atomic E-state index is -0.250. The third kappa shape index (κ3) is 5.32. The average molecular weight is 377 g/mol. The zero-order valence-corrected chi connectivity index (χ0v) is 15.0. The molecule has 2 aromatic rings. The first-order chi connectivity index (χ1) is 11.1. The second kappa shape index (κ2) is 8.62. The topological polar surface area (TPSA) is 66.9 Å². The summed E-state index contributed by atoms with van der Waals surface area (Å²) in [6.45, 7) is 5.00. The zero-order chi connectivity index (χ0) is 16.7. The molecule has 0 spiro atoms. The van der Waals surface area contributed by atoms with Gasteiger partial charge in [0.2, 0.25) is 0 Å². The van der Waals surface area contributed by atoms with Crippen molar-refractivity contribution in [2.24, 2.45) is 0 Å². The smallest absolute Gasteiger partial charge is 0.274 e. The number of carbonyl (C=O) groups is 1. The maximum Gasteiger partial charge on any atom is 0.274 e. The Kier molecular flexibility index (Phi) is 6.52. The van der Waals surface area contributed by atoms with Gasteiger partial charge in [0.05, 0.1) is 0 Å². The number of nitrogens with one attached hydrogen (secondary N) is 2. The second-order valence-electron chi connectivity index (χ2n) is 5.34. The molecule has 0 radical (unpaired) electrons. The molecule has 0 aliphatic heterocycles. The summed E-state index contributed by atoms with van der Waals surface area (Å²) in [5, 5.41) is 6.06. The molecule has 0 fully saturated rings. The van der Waals surface area contributed by atoms with E-state index in [9.17, 15) is 4.79 Å². The molecular formula is C17H21BrN4O. The van der Waals surface area contributed by atoms with Crippen LogP contribution in [0.15, 0.2) is 35.1 Å². The van der Waals surface area contributed by atoms with Gasteiger partial charge in [0, 0.05) is 22.8 Å². The SMILES string of the molecule is CCCCCNc1cc(C(=O)Nc2ccc(C)c(Br)c2)ncn1. The number of benzene rings is 1. The number of anilines is 2. The molecule has 0 aliphatic rings. The minimum absolute atomic E-state index is 0.250. The summed E-state index contributed by atoms with van der Waals surface area (Å²) in [6, 6.07) is 7.35. The van der Waals surface area contributed by atoms with Crippen molar-refractivity contribution in [1.29, 1.82) is 0 Å². The fraction of sp³-hybridized carbons (Fsp3) is 0.353. The molecule has 0 atom stereocenters. The molecule has 1 heterocycles. The van der Waals surface area contributed by atoms with Crippen LogP contribution in [0.25, 0.3) is 0 Å². The Morgan fingerprint density at radius 3 is 2.78 bits per heavy atom. The normalized spacial score (nSPS) is 10.4. The summed E-state index contributed by atoms with van der Waals surface area (Å²) in [7, 11) is 0. The van der Waals surface area contributed by atoms with E-state index >= 15 is 0 Å². The number of aromatic nitrogens is 2. The van der Waals surface area contributed by atoms with Gasteiger partial charge in [-0.25, -0.2) is 9.97 Å². The van der Waals surface area contributed by atoms with Gasteiger partial charge in [0.1, 0.15) is 17.8 Å². The molecule has 0 saturated heterocycles.